The number of anilines is 1. The standard InChI is InChI=1S/C14H19FN2O/c15-13-12(9-18)5-6-16-14(13)17(7-10-1-2-10)8-11-3-4-11/h5-6,10-11,18H,1-4,7-9H2. The van der Waals surface area contributed by atoms with Crippen molar-refractivity contribution in [3.05, 3.63) is 23.6 Å². The van der Waals surface area contributed by atoms with Crippen LogP contribution in [0.25, 0.3) is 0 Å². The Morgan fingerprint density at radius 2 is 1.83 bits per heavy atom. The summed E-state index contributed by atoms with van der Waals surface area (Å²) in [5.41, 5.74) is 0.344. The lowest BCUT2D eigenvalue weighted by Crippen LogP contribution is -2.30. The summed E-state index contributed by atoms with van der Waals surface area (Å²) in [7, 11) is 0. The summed E-state index contributed by atoms with van der Waals surface area (Å²) >= 11 is 0. The lowest BCUT2D eigenvalue weighted by atomic mass is 10.2. The second-order valence-electron chi connectivity index (χ2n) is 5.56. The van der Waals surface area contributed by atoms with Gasteiger partial charge in [0.05, 0.1) is 6.61 Å². The van der Waals surface area contributed by atoms with Crippen LogP contribution in [0, 0.1) is 17.7 Å². The molecule has 0 amide bonds. The molecule has 2 fully saturated rings. The normalized spacial score (nSPS) is 19.0. The van der Waals surface area contributed by atoms with E-state index in [9.17, 15) is 4.39 Å². The Morgan fingerprint density at radius 1 is 1.22 bits per heavy atom. The molecule has 2 aliphatic carbocycles. The highest BCUT2D eigenvalue weighted by atomic mass is 19.1. The highest BCUT2D eigenvalue weighted by molar-refractivity contribution is 5.43. The molecular formula is C14H19FN2O. The third kappa shape index (κ3) is 2.64. The third-order valence-electron chi connectivity index (χ3n) is 3.77. The molecule has 1 N–H and O–H groups in total. The van der Waals surface area contributed by atoms with E-state index in [2.05, 4.69) is 9.88 Å². The molecule has 18 heavy (non-hydrogen) atoms. The molecule has 0 radical (unpaired) electrons. The van der Waals surface area contributed by atoms with Crippen molar-refractivity contribution in [2.75, 3.05) is 18.0 Å². The van der Waals surface area contributed by atoms with Crippen molar-refractivity contribution in [3.63, 3.8) is 0 Å². The van der Waals surface area contributed by atoms with E-state index in [0.717, 1.165) is 13.1 Å². The Balaban J connectivity index is 1.82. The van der Waals surface area contributed by atoms with E-state index in [0.29, 0.717) is 23.2 Å². The van der Waals surface area contributed by atoms with Crippen LogP contribution in [0.2, 0.25) is 0 Å². The summed E-state index contributed by atoms with van der Waals surface area (Å²) in [4.78, 5) is 6.28. The predicted octanol–water partition coefficient (Wildman–Crippen LogP) is 2.34. The number of hydrogen-bond acceptors (Lipinski definition) is 3. The number of nitrogens with zero attached hydrogens (tertiary/aromatic N) is 2. The van der Waals surface area contributed by atoms with Crippen LogP contribution >= 0.6 is 0 Å². The SMILES string of the molecule is OCc1ccnc(N(CC2CC2)CC2CC2)c1F. The van der Waals surface area contributed by atoms with Gasteiger partial charge in [-0.25, -0.2) is 9.37 Å². The first kappa shape index (κ1) is 11.9. The average Bonchev–Trinajstić information content (AvgIpc) is 3.24. The van der Waals surface area contributed by atoms with Gasteiger partial charge in [0.2, 0.25) is 0 Å². The zero-order valence-electron chi connectivity index (χ0n) is 10.5. The molecule has 3 rings (SSSR count). The highest BCUT2D eigenvalue weighted by Crippen LogP contribution is 2.36. The molecule has 3 nitrogen and oxygen atoms in total. The molecule has 2 aliphatic rings. The first-order valence-electron chi connectivity index (χ1n) is 6.77. The Hall–Kier alpha value is -1.16. The molecule has 0 bridgehead atoms. The van der Waals surface area contributed by atoms with Crippen LogP contribution in [-0.2, 0) is 6.61 Å². The minimum atomic E-state index is -0.346. The first-order chi connectivity index (χ1) is 8.78. The second kappa shape index (κ2) is 4.84. The van der Waals surface area contributed by atoms with Gasteiger partial charge in [0.25, 0.3) is 0 Å². The number of aliphatic hydroxyl groups is 1. The number of pyridine rings is 1. The van der Waals surface area contributed by atoms with Crippen LogP contribution in [0.4, 0.5) is 10.2 Å². The molecule has 0 atom stereocenters. The maximum atomic E-state index is 14.2. The molecular weight excluding hydrogens is 231 g/mol. The Labute approximate surface area is 107 Å². The first-order valence-corrected chi connectivity index (χ1v) is 6.77. The fourth-order valence-corrected chi connectivity index (χ4v) is 2.29. The van der Waals surface area contributed by atoms with Crippen molar-refractivity contribution in [1.29, 1.82) is 0 Å². The van der Waals surface area contributed by atoms with Gasteiger partial charge in [-0.05, 0) is 43.6 Å². The van der Waals surface area contributed by atoms with Crippen molar-refractivity contribution < 1.29 is 9.50 Å². The summed E-state index contributed by atoms with van der Waals surface area (Å²) in [6.07, 6.45) is 6.60. The van der Waals surface area contributed by atoms with Crippen molar-refractivity contribution >= 4 is 5.82 Å². The van der Waals surface area contributed by atoms with Gasteiger partial charge in [0.15, 0.2) is 11.6 Å². The minimum absolute atomic E-state index is 0.262. The van der Waals surface area contributed by atoms with E-state index in [-0.39, 0.29) is 12.4 Å². The van der Waals surface area contributed by atoms with Crippen molar-refractivity contribution in [3.8, 4) is 0 Å². The molecule has 0 aromatic carbocycles. The number of halogens is 1. The second-order valence-corrected chi connectivity index (χ2v) is 5.56. The van der Waals surface area contributed by atoms with E-state index < -0.39 is 0 Å². The van der Waals surface area contributed by atoms with E-state index in [1.165, 1.54) is 25.7 Å². The fourth-order valence-electron chi connectivity index (χ4n) is 2.29. The van der Waals surface area contributed by atoms with Crippen molar-refractivity contribution in [2.24, 2.45) is 11.8 Å². The van der Waals surface area contributed by atoms with Crippen molar-refractivity contribution in [2.45, 2.75) is 32.3 Å². The van der Waals surface area contributed by atoms with E-state index in [1.54, 1.807) is 12.3 Å². The number of aromatic nitrogens is 1. The topological polar surface area (TPSA) is 36.4 Å². The number of rotatable bonds is 6. The third-order valence-corrected chi connectivity index (χ3v) is 3.77. The molecule has 4 heteroatoms. The minimum Gasteiger partial charge on any atom is -0.392 e. The molecule has 0 spiro atoms. The molecule has 0 aliphatic heterocycles. The lowest BCUT2D eigenvalue weighted by Gasteiger charge is -2.24. The van der Waals surface area contributed by atoms with E-state index in [1.807, 2.05) is 0 Å². The molecule has 2 saturated carbocycles. The van der Waals surface area contributed by atoms with Gasteiger partial charge >= 0.3 is 0 Å². The number of aliphatic hydroxyl groups excluding tert-OH is 1. The van der Waals surface area contributed by atoms with Crippen molar-refractivity contribution in [1.82, 2.24) is 4.98 Å². The highest BCUT2D eigenvalue weighted by Gasteiger charge is 2.31. The monoisotopic (exact) mass is 250 g/mol. The van der Waals surface area contributed by atoms with Crippen LogP contribution in [0.15, 0.2) is 12.3 Å². The lowest BCUT2D eigenvalue weighted by molar-refractivity contribution is 0.275. The van der Waals surface area contributed by atoms with Gasteiger partial charge < -0.3 is 10.0 Å². The molecule has 1 aromatic rings. The molecule has 0 unspecified atom stereocenters. The van der Waals surface area contributed by atoms with E-state index >= 15 is 0 Å². The van der Waals surface area contributed by atoms with Crippen LogP contribution in [0.3, 0.4) is 0 Å². The maximum Gasteiger partial charge on any atom is 0.171 e. The van der Waals surface area contributed by atoms with Crippen LogP contribution in [-0.4, -0.2) is 23.2 Å². The van der Waals surface area contributed by atoms with Gasteiger partial charge in [0.1, 0.15) is 0 Å². The summed E-state index contributed by atoms with van der Waals surface area (Å²) in [6.45, 7) is 1.56. The summed E-state index contributed by atoms with van der Waals surface area (Å²) < 4.78 is 14.2. The van der Waals surface area contributed by atoms with Gasteiger partial charge in [-0.3, -0.25) is 0 Å². The van der Waals surface area contributed by atoms with Crippen LogP contribution < -0.4 is 4.90 Å². The summed E-state index contributed by atoms with van der Waals surface area (Å²) in [6, 6.07) is 1.55. The smallest absolute Gasteiger partial charge is 0.171 e. The quantitative estimate of drug-likeness (QED) is 0.842. The van der Waals surface area contributed by atoms with Gasteiger partial charge in [-0.15, -0.1) is 0 Å². The average molecular weight is 250 g/mol. The summed E-state index contributed by atoms with van der Waals surface area (Å²) in [5.74, 6) is 1.51. The molecule has 98 valence electrons. The molecule has 1 aromatic heterocycles. The Morgan fingerprint density at radius 3 is 2.33 bits per heavy atom. The van der Waals surface area contributed by atoms with Gasteiger partial charge in [0, 0.05) is 24.8 Å². The zero-order valence-corrected chi connectivity index (χ0v) is 10.5. The summed E-state index contributed by atoms with van der Waals surface area (Å²) in [5, 5.41) is 9.13. The van der Waals surface area contributed by atoms with Crippen LogP contribution in [0.5, 0.6) is 0 Å². The Kier molecular flexibility index (Phi) is 3.20. The van der Waals surface area contributed by atoms with Gasteiger partial charge in [-0.1, -0.05) is 0 Å². The fraction of sp³-hybridized carbons (Fsp3) is 0.643. The van der Waals surface area contributed by atoms with E-state index in [4.69, 9.17) is 5.11 Å². The Bertz CT molecular complexity index is 416. The van der Waals surface area contributed by atoms with Gasteiger partial charge in [-0.2, -0.15) is 0 Å². The van der Waals surface area contributed by atoms with Crippen LogP contribution in [0.1, 0.15) is 31.2 Å². The predicted molar refractivity (Wildman–Crippen MR) is 67.8 cm³/mol. The molecule has 1 heterocycles. The molecule has 0 saturated heterocycles. The zero-order chi connectivity index (χ0) is 12.5. The largest absolute Gasteiger partial charge is 0.392 e. The number of hydrogen-bond donors (Lipinski definition) is 1. The maximum absolute atomic E-state index is 14.2.